The lowest BCUT2D eigenvalue weighted by atomic mass is 10.2. The Labute approximate surface area is 109 Å². The number of rotatable bonds is 5. The lowest BCUT2D eigenvalue weighted by molar-refractivity contribution is -0.138. The summed E-state index contributed by atoms with van der Waals surface area (Å²) in [7, 11) is 0. The molecule has 0 saturated carbocycles. The molecule has 4 nitrogen and oxygen atoms in total. The predicted octanol–water partition coefficient (Wildman–Crippen LogP) is 2.58. The maximum absolute atomic E-state index is 12.2. The van der Waals surface area contributed by atoms with Gasteiger partial charge in [-0.05, 0) is 26.0 Å². The van der Waals surface area contributed by atoms with Crippen LogP contribution in [0.25, 0.3) is 0 Å². The van der Waals surface area contributed by atoms with Crippen LogP contribution < -0.4 is 10.6 Å². The Morgan fingerprint density at radius 3 is 2.74 bits per heavy atom. The van der Waals surface area contributed by atoms with E-state index in [1.165, 1.54) is 25.3 Å². The number of hydrogen-bond donors (Lipinski definition) is 2. The maximum atomic E-state index is 12.2. The molecular formula is C12H16F3N3O. The molecule has 1 unspecified atom stereocenters. The summed E-state index contributed by atoms with van der Waals surface area (Å²) in [5, 5.41) is 5.23. The van der Waals surface area contributed by atoms with Gasteiger partial charge in [0.25, 0.3) is 5.91 Å². The Morgan fingerprint density at radius 2 is 2.16 bits per heavy atom. The average molecular weight is 275 g/mol. The molecule has 0 saturated heterocycles. The number of amides is 1. The minimum Gasteiger partial charge on any atom is -0.370 e. The Hall–Kier alpha value is -1.79. The van der Waals surface area contributed by atoms with Crippen LogP contribution in [0.1, 0.15) is 30.6 Å². The molecule has 0 aromatic carbocycles. The van der Waals surface area contributed by atoms with Crippen LogP contribution in [0, 0.1) is 0 Å². The number of carbonyl (C=O) groups is 1. The van der Waals surface area contributed by atoms with Crippen molar-refractivity contribution in [1.82, 2.24) is 10.3 Å². The van der Waals surface area contributed by atoms with Crippen LogP contribution in [0.5, 0.6) is 0 Å². The molecule has 2 N–H and O–H groups in total. The van der Waals surface area contributed by atoms with Gasteiger partial charge in [-0.1, -0.05) is 0 Å². The number of aromatic nitrogens is 1. The zero-order chi connectivity index (χ0) is 14.5. The quantitative estimate of drug-likeness (QED) is 0.868. The summed E-state index contributed by atoms with van der Waals surface area (Å²) >= 11 is 0. The summed E-state index contributed by atoms with van der Waals surface area (Å²) in [5.41, 5.74) is 0.278. The van der Waals surface area contributed by atoms with Crippen LogP contribution in [0.4, 0.5) is 19.0 Å². The van der Waals surface area contributed by atoms with Gasteiger partial charge in [0.05, 0.1) is 6.42 Å². The number of hydrogen-bond acceptors (Lipinski definition) is 3. The van der Waals surface area contributed by atoms with Crippen LogP contribution >= 0.6 is 0 Å². The molecule has 1 aromatic rings. The third kappa shape index (κ3) is 5.58. The summed E-state index contributed by atoms with van der Waals surface area (Å²) in [4.78, 5) is 15.7. The zero-order valence-electron chi connectivity index (χ0n) is 10.7. The first-order valence-corrected chi connectivity index (χ1v) is 5.89. The van der Waals surface area contributed by atoms with Crippen molar-refractivity contribution in [2.75, 3.05) is 11.9 Å². The van der Waals surface area contributed by atoms with Crippen molar-refractivity contribution in [3.05, 3.63) is 23.9 Å². The molecule has 0 bridgehead atoms. The lowest BCUT2D eigenvalue weighted by Crippen LogP contribution is -2.36. The SMILES string of the molecule is CCNc1cc(C(=O)NC(C)CC(F)(F)F)ccn1. The van der Waals surface area contributed by atoms with Gasteiger partial charge in [0.15, 0.2) is 0 Å². The minimum absolute atomic E-state index is 0.278. The average Bonchev–Trinajstić information content (AvgIpc) is 2.27. The van der Waals surface area contributed by atoms with E-state index in [0.717, 1.165) is 0 Å². The van der Waals surface area contributed by atoms with Crippen molar-refractivity contribution >= 4 is 11.7 Å². The molecule has 1 heterocycles. The Morgan fingerprint density at radius 1 is 1.47 bits per heavy atom. The second-order valence-corrected chi connectivity index (χ2v) is 4.15. The van der Waals surface area contributed by atoms with Crippen molar-refractivity contribution in [3.63, 3.8) is 0 Å². The van der Waals surface area contributed by atoms with Gasteiger partial charge in [-0.15, -0.1) is 0 Å². The minimum atomic E-state index is -4.29. The highest BCUT2D eigenvalue weighted by Crippen LogP contribution is 2.21. The smallest absolute Gasteiger partial charge is 0.370 e. The number of carbonyl (C=O) groups excluding carboxylic acids is 1. The van der Waals surface area contributed by atoms with Crippen molar-refractivity contribution in [3.8, 4) is 0 Å². The molecular weight excluding hydrogens is 259 g/mol. The van der Waals surface area contributed by atoms with Crippen LogP contribution in [-0.4, -0.2) is 29.7 Å². The Kier molecular flexibility index (Phi) is 5.14. The van der Waals surface area contributed by atoms with Gasteiger partial charge >= 0.3 is 6.18 Å². The molecule has 7 heteroatoms. The van der Waals surface area contributed by atoms with Gasteiger partial charge in [0.1, 0.15) is 5.82 Å². The maximum Gasteiger partial charge on any atom is 0.391 e. The highest BCUT2D eigenvalue weighted by atomic mass is 19.4. The molecule has 0 aliphatic heterocycles. The molecule has 0 spiro atoms. The molecule has 1 amide bonds. The number of halogens is 3. The van der Waals surface area contributed by atoms with E-state index in [4.69, 9.17) is 0 Å². The highest BCUT2D eigenvalue weighted by Gasteiger charge is 2.30. The fourth-order valence-electron chi connectivity index (χ4n) is 1.55. The zero-order valence-corrected chi connectivity index (χ0v) is 10.7. The first kappa shape index (κ1) is 15.3. The van der Waals surface area contributed by atoms with Gasteiger partial charge in [-0.3, -0.25) is 4.79 Å². The molecule has 0 radical (unpaired) electrons. The van der Waals surface area contributed by atoms with Crippen molar-refractivity contribution in [1.29, 1.82) is 0 Å². The van der Waals surface area contributed by atoms with Gasteiger partial charge in [0, 0.05) is 24.3 Å². The molecule has 0 aliphatic rings. The number of alkyl halides is 3. The fraction of sp³-hybridized carbons (Fsp3) is 0.500. The fourth-order valence-corrected chi connectivity index (χ4v) is 1.55. The van der Waals surface area contributed by atoms with E-state index in [9.17, 15) is 18.0 Å². The van der Waals surface area contributed by atoms with Gasteiger partial charge in [-0.25, -0.2) is 4.98 Å². The van der Waals surface area contributed by atoms with Crippen LogP contribution in [0.3, 0.4) is 0 Å². The van der Waals surface area contributed by atoms with Gasteiger partial charge in [0.2, 0.25) is 0 Å². The summed E-state index contributed by atoms with van der Waals surface area (Å²) in [6.07, 6.45) is -3.91. The van der Waals surface area contributed by atoms with Crippen molar-refractivity contribution in [2.45, 2.75) is 32.5 Å². The van der Waals surface area contributed by atoms with E-state index < -0.39 is 24.5 Å². The Bertz CT molecular complexity index is 434. The molecule has 0 aliphatic carbocycles. The topological polar surface area (TPSA) is 54.0 Å². The second kappa shape index (κ2) is 6.40. The first-order valence-electron chi connectivity index (χ1n) is 5.89. The number of nitrogens with one attached hydrogen (secondary N) is 2. The van der Waals surface area contributed by atoms with E-state index in [-0.39, 0.29) is 5.56 Å². The largest absolute Gasteiger partial charge is 0.391 e. The third-order valence-electron chi connectivity index (χ3n) is 2.30. The molecule has 19 heavy (non-hydrogen) atoms. The molecule has 1 rings (SSSR count). The van der Waals surface area contributed by atoms with Crippen LogP contribution in [0.2, 0.25) is 0 Å². The van der Waals surface area contributed by atoms with Crippen LogP contribution in [-0.2, 0) is 0 Å². The molecule has 1 aromatic heterocycles. The van der Waals surface area contributed by atoms with E-state index >= 15 is 0 Å². The molecule has 1 atom stereocenters. The van der Waals surface area contributed by atoms with E-state index in [1.54, 1.807) is 0 Å². The highest BCUT2D eigenvalue weighted by molar-refractivity contribution is 5.94. The standard InChI is InChI=1S/C12H16F3N3O/c1-3-16-10-6-9(4-5-17-10)11(19)18-8(2)7-12(13,14)15/h4-6,8H,3,7H2,1-2H3,(H,16,17)(H,18,19). The third-order valence-corrected chi connectivity index (χ3v) is 2.30. The number of anilines is 1. The lowest BCUT2D eigenvalue weighted by Gasteiger charge is -2.16. The first-order chi connectivity index (χ1) is 8.81. The van der Waals surface area contributed by atoms with Crippen molar-refractivity contribution < 1.29 is 18.0 Å². The number of pyridine rings is 1. The normalized spacial score (nSPS) is 12.9. The predicted molar refractivity (Wildman–Crippen MR) is 66.0 cm³/mol. The summed E-state index contributed by atoms with van der Waals surface area (Å²) < 4.78 is 36.5. The number of nitrogens with zero attached hydrogens (tertiary/aromatic N) is 1. The molecule has 106 valence electrons. The second-order valence-electron chi connectivity index (χ2n) is 4.15. The van der Waals surface area contributed by atoms with Gasteiger partial charge < -0.3 is 10.6 Å². The van der Waals surface area contributed by atoms with Crippen LogP contribution in [0.15, 0.2) is 18.3 Å². The summed E-state index contributed by atoms with van der Waals surface area (Å²) in [6, 6.07) is 1.98. The van der Waals surface area contributed by atoms with Gasteiger partial charge in [-0.2, -0.15) is 13.2 Å². The van der Waals surface area contributed by atoms with E-state index in [0.29, 0.717) is 12.4 Å². The monoisotopic (exact) mass is 275 g/mol. The van der Waals surface area contributed by atoms with E-state index in [2.05, 4.69) is 15.6 Å². The summed E-state index contributed by atoms with van der Waals surface area (Å²) in [6.45, 7) is 3.83. The Balaban J connectivity index is 2.65. The summed E-state index contributed by atoms with van der Waals surface area (Å²) in [5.74, 6) is -0.0306. The molecule has 0 fully saturated rings. The van der Waals surface area contributed by atoms with Crippen molar-refractivity contribution in [2.24, 2.45) is 0 Å². The van der Waals surface area contributed by atoms with E-state index in [1.807, 2.05) is 6.92 Å².